The minimum absolute atomic E-state index is 0.116. The Labute approximate surface area is 91.3 Å². The molecule has 0 bridgehead atoms. The Kier molecular flexibility index (Phi) is 4.88. The van der Waals surface area contributed by atoms with Crippen LogP contribution in [0.25, 0.3) is 0 Å². The van der Waals surface area contributed by atoms with Gasteiger partial charge in [0.15, 0.2) is 0 Å². The third-order valence-electron chi connectivity index (χ3n) is 2.50. The summed E-state index contributed by atoms with van der Waals surface area (Å²) in [6.07, 6.45) is 2.43. The minimum atomic E-state index is -0.116. The van der Waals surface area contributed by atoms with Gasteiger partial charge in [-0.05, 0) is 24.3 Å². The second-order valence-electron chi connectivity index (χ2n) is 3.91. The van der Waals surface area contributed by atoms with Crippen molar-refractivity contribution >= 4 is 5.97 Å². The van der Waals surface area contributed by atoms with Crippen molar-refractivity contribution in [2.24, 2.45) is 5.92 Å². The van der Waals surface area contributed by atoms with Crippen molar-refractivity contribution < 1.29 is 9.53 Å². The summed E-state index contributed by atoms with van der Waals surface area (Å²) in [7, 11) is 1.43. The van der Waals surface area contributed by atoms with Crippen LogP contribution < -0.4 is 0 Å². The summed E-state index contributed by atoms with van der Waals surface area (Å²) in [6, 6.07) is 10.3. The molecule has 0 aliphatic carbocycles. The zero-order valence-electron chi connectivity index (χ0n) is 9.40. The van der Waals surface area contributed by atoms with Gasteiger partial charge in [-0.1, -0.05) is 37.3 Å². The first-order chi connectivity index (χ1) is 7.22. The van der Waals surface area contributed by atoms with Gasteiger partial charge in [0.2, 0.25) is 0 Å². The van der Waals surface area contributed by atoms with E-state index in [0.717, 1.165) is 12.8 Å². The molecule has 0 heterocycles. The first kappa shape index (κ1) is 11.8. The second kappa shape index (κ2) is 6.23. The molecule has 1 rings (SSSR count). The van der Waals surface area contributed by atoms with Crippen molar-refractivity contribution in [1.29, 1.82) is 0 Å². The van der Waals surface area contributed by atoms with Gasteiger partial charge < -0.3 is 4.74 Å². The van der Waals surface area contributed by atoms with Gasteiger partial charge in [-0.15, -0.1) is 0 Å². The first-order valence-electron chi connectivity index (χ1n) is 5.33. The number of carbonyl (C=O) groups excluding carboxylic acids is 1. The van der Waals surface area contributed by atoms with Gasteiger partial charge in [-0.2, -0.15) is 0 Å². The zero-order valence-corrected chi connectivity index (χ0v) is 9.40. The van der Waals surface area contributed by atoms with Crippen molar-refractivity contribution in [3.63, 3.8) is 0 Å². The second-order valence-corrected chi connectivity index (χ2v) is 3.91. The van der Waals surface area contributed by atoms with Crippen LogP contribution in [0.3, 0.4) is 0 Å². The molecule has 0 spiro atoms. The Hall–Kier alpha value is -1.31. The maximum atomic E-state index is 10.9. The Morgan fingerprint density at radius 2 is 2.00 bits per heavy atom. The summed E-state index contributed by atoms with van der Waals surface area (Å²) in [5.41, 5.74) is 1.33. The summed E-state index contributed by atoms with van der Waals surface area (Å²) in [6.45, 7) is 2.16. The average Bonchev–Trinajstić information content (AvgIpc) is 2.27. The number of carbonyl (C=O) groups is 1. The van der Waals surface area contributed by atoms with E-state index in [0.29, 0.717) is 12.3 Å². The number of benzene rings is 1. The molecular formula is C13H18O2. The van der Waals surface area contributed by atoms with E-state index in [1.165, 1.54) is 12.7 Å². The lowest BCUT2D eigenvalue weighted by atomic mass is 9.97. The standard InChI is InChI=1S/C13H18O2/c1-11(8-9-13(14)15-2)10-12-6-4-3-5-7-12/h3-7,11H,8-10H2,1-2H3. The lowest BCUT2D eigenvalue weighted by Crippen LogP contribution is -2.06. The quantitative estimate of drug-likeness (QED) is 0.692. The maximum absolute atomic E-state index is 10.9. The molecule has 15 heavy (non-hydrogen) atoms. The molecule has 2 nitrogen and oxygen atoms in total. The van der Waals surface area contributed by atoms with E-state index in [4.69, 9.17) is 0 Å². The number of ether oxygens (including phenoxy) is 1. The van der Waals surface area contributed by atoms with Gasteiger partial charge in [0.1, 0.15) is 0 Å². The fourth-order valence-corrected chi connectivity index (χ4v) is 1.58. The lowest BCUT2D eigenvalue weighted by Gasteiger charge is -2.10. The van der Waals surface area contributed by atoms with E-state index in [2.05, 4.69) is 23.8 Å². The van der Waals surface area contributed by atoms with Crippen molar-refractivity contribution in [1.82, 2.24) is 0 Å². The minimum Gasteiger partial charge on any atom is -0.469 e. The molecule has 82 valence electrons. The largest absolute Gasteiger partial charge is 0.469 e. The van der Waals surface area contributed by atoms with Crippen molar-refractivity contribution in [3.8, 4) is 0 Å². The van der Waals surface area contributed by atoms with E-state index in [9.17, 15) is 4.79 Å². The molecule has 1 aromatic carbocycles. The molecule has 0 aliphatic rings. The predicted molar refractivity (Wildman–Crippen MR) is 60.6 cm³/mol. The third-order valence-corrected chi connectivity index (χ3v) is 2.50. The number of methoxy groups -OCH3 is 1. The molecule has 0 aromatic heterocycles. The number of hydrogen-bond donors (Lipinski definition) is 0. The van der Waals surface area contributed by atoms with Gasteiger partial charge in [-0.25, -0.2) is 0 Å². The Morgan fingerprint density at radius 3 is 2.60 bits per heavy atom. The molecule has 0 N–H and O–H groups in total. The highest BCUT2D eigenvalue weighted by atomic mass is 16.5. The van der Waals surface area contributed by atoms with Crippen LogP contribution in [-0.2, 0) is 16.0 Å². The number of hydrogen-bond acceptors (Lipinski definition) is 2. The summed E-state index contributed by atoms with van der Waals surface area (Å²) in [5.74, 6) is 0.404. The predicted octanol–water partition coefficient (Wildman–Crippen LogP) is 2.82. The summed E-state index contributed by atoms with van der Waals surface area (Å²) in [4.78, 5) is 10.9. The van der Waals surface area contributed by atoms with Crippen molar-refractivity contribution in [2.45, 2.75) is 26.2 Å². The van der Waals surface area contributed by atoms with Gasteiger partial charge in [0.05, 0.1) is 7.11 Å². The third kappa shape index (κ3) is 4.63. The maximum Gasteiger partial charge on any atom is 0.305 e. The summed E-state index contributed by atoms with van der Waals surface area (Å²) in [5, 5.41) is 0. The van der Waals surface area contributed by atoms with E-state index in [1.54, 1.807) is 0 Å². The van der Waals surface area contributed by atoms with Crippen LogP contribution in [0.4, 0.5) is 0 Å². The van der Waals surface area contributed by atoms with Crippen molar-refractivity contribution in [2.75, 3.05) is 7.11 Å². The molecule has 0 saturated heterocycles. The molecule has 1 unspecified atom stereocenters. The molecule has 2 heteroatoms. The van der Waals surface area contributed by atoms with Gasteiger partial charge in [0.25, 0.3) is 0 Å². The van der Waals surface area contributed by atoms with E-state index < -0.39 is 0 Å². The van der Waals surface area contributed by atoms with Crippen LogP contribution in [0.2, 0.25) is 0 Å². The number of rotatable bonds is 5. The normalized spacial score (nSPS) is 12.1. The number of esters is 1. The fraction of sp³-hybridized carbons (Fsp3) is 0.462. The highest BCUT2D eigenvalue weighted by molar-refractivity contribution is 5.69. The monoisotopic (exact) mass is 206 g/mol. The van der Waals surface area contributed by atoms with E-state index in [-0.39, 0.29) is 5.97 Å². The van der Waals surface area contributed by atoms with Crippen LogP contribution >= 0.6 is 0 Å². The summed E-state index contributed by atoms with van der Waals surface area (Å²) < 4.78 is 4.61. The highest BCUT2D eigenvalue weighted by Crippen LogP contribution is 2.13. The van der Waals surface area contributed by atoms with E-state index in [1.807, 2.05) is 18.2 Å². The van der Waals surface area contributed by atoms with Gasteiger partial charge in [-0.3, -0.25) is 4.79 Å². The van der Waals surface area contributed by atoms with Crippen LogP contribution in [0.5, 0.6) is 0 Å². The topological polar surface area (TPSA) is 26.3 Å². The van der Waals surface area contributed by atoms with Gasteiger partial charge in [0, 0.05) is 6.42 Å². The molecule has 0 saturated carbocycles. The van der Waals surface area contributed by atoms with Gasteiger partial charge >= 0.3 is 5.97 Å². The SMILES string of the molecule is COC(=O)CCC(C)Cc1ccccc1. The van der Waals surface area contributed by atoms with Crippen LogP contribution in [0.15, 0.2) is 30.3 Å². The van der Waals surface area contributed by atoms with Crippen LogP contribution in [0, 0.1) is 5.92 Å². The molecule has 0 aliphatic heterocycles. The van der Waals surface area contributed by atoms with E-state index >= 15 is 0 Å². The Bertz CT molecular complexity index is 293. The molecule has 0 amide bonds. The zero-order chi connectivity index (χ0) is 11.1. The Morgan fingerprint density at radius 1 is 1.33 bits per heavy atom. The van der Waals surface area contributed by atoms with Crippen LogP contribution in [0.1, 0.15) is 25.3 Å². The molecule has 0 fully saturated rings. The molecule has 0 radical (unpaired) electrons. The average molecular weight is 206 g/mol. The van der Waals surface area contributed by atoms with Crippen LogP contribution in [-0.4, -0.2) is 13.1 Å². The smallest absolute Gasteiger partial charge is 0.305 e. The highest BCUT2D eigenvalue weighted by Gasteiger charge is 2.07. The first-order valence-corrected chi connectivity index (χ1v) is 5.33. The molecule has 1 atom stereocenters. The fourth-order valence-electron chi connectivity index (χ4n) is 1.58. The summed E-state index contributed by atoms with van der Waals surface area (Å²) >= 11 is 0. The molecular weight excluding hydrogens is 188 g/mol. The van der Waals surface area contributed by atoms with Crippen molar-refractivity contribution in [3.05, 3.63) is 35.9 Å². The lowest BCUT2D eigenvalue weighted by molar-refractivity contribution is -0.140. The Balaban J connectivity index is 2.30. The molecule has 1 aromatic rings.